The molecule has 0 spiro atoms. The molecular weight excluding hydrogens is 421 g/mol. The predicted molar refractivity (Wildman–Crippen MR) is 126 cm³/mol. The Bertz CT molecular complexity index is 1230. The Hall–Kier alpha value is -4.07. The molecule has 1 atom stereocenters. The van der Waals surface area contributed by atoms with Crippen molar-refractivity contribution >= 4 is 23.4 Å². The van der Waals surface area contributed by atoms with E-state index >= 15 is 0 Å². The molecule has 1 unspecified atom stereocenters. The quantitative estimate of drug-likeness (QED) is 0.636. The number of rotatable bonds is 5. The summed E-state index contributed by atoms with van der Waals surface area (Å²) in [6.07, 6.45) is 4.18. The molecule has 1 amide bonds. The molecule has 8 heteroatoms. The number of halogens is 1. The van der Waals surface area contributed by atoms with Crippen molar-refractivity contribution in [2.75, 3.05) is 19.8 Å². The third-order valence-corrected chi connectivity index (χ3v) is 5.21. The lowest BCUT2D eigenvalue weighted by Gasteiger charge is -2.21. The number of hydrogen-bond donors (Lipinski definition) is 1. The number of carbonyl (C=O) groups excluding carboxylic acids is 1. The van der Waals surface area contributed by atoms with Crippen molar-refractivity contribution in [1.82, 2.24) is 14.9 Å². The summed E-state index contributed by atoms with van der Waals surface area (Å²) in [5, 5.41) is 0. The first-order valence-electron chi connectivity index (χ1n) is 10.5. The predicted octanol–water partition coefficient (Wildman–Crippen LogP) is 4.16. The van der Waals surface area contributed by atoms with Crippen LogP contribution in [0.3, 0.4) is 0 Å². The average molecular weight is 445 g/mol. The Morgan fingerprint density at radius 3 is 2.39 bits per heavy atom. The standard InChI is InChI=1S/C25H24FN5O2/c1-4-19-13-21(33-24(29-19)16-9-11-18(26)12-10-16)22-23(27)28-14-20(30-22)15-5-7-17(8-6-15)25(32)31(2)3/h5-14,19H,4H2,1-3H3,(H2,27,28). The molecular formula is C25H24FN5O2. The van der Waals surface area contributed by atoms with Crippen molar-refractivity contribution in [2.45, 2.75) is 19.4 Å². The fraction of sp³-hybridized carbons (Fsp3) is 0.200. The molecule has 0 bridgehead atoms. The van der Waals surface area contributed by atoms with Crippen molar-refractivity contribution in [3.05, 3.63) is 83.4 Å². The van der Waals surface area contributed by atoms with Crippen LogP contribution in [0.5, 0.6) is 0 Å². The Morgan fingerprint density at radius 1 is 1.09 bits per heavy atom. The normalized spacial score (nSPS) is 15.3. The van der Waals surface area contributed by atoms with Gasteiger partial charge in [0.1, 0.15) is 11.5 Å². The summed E-state index contributed by atoms with van der Waals surface area (Å²) in [6, 6.07) is 12.9. The van der Waals surface area contributed by atoms with Crippen molar-refractivity contribution < 1.29 is 13.9 Å². The number of aliphatic imine (C=N–C) groups is 1. The van der Waals surface area contributed by atoms with Gasteiger partial charge in [-0.1, -0.05) is 19.1 Å². The summed E-state index contributed by atoms with van der Waals surface area (Å²) >= 11 is 0. The molecule has 1 aliphatic heterocycles. The molecule has 2 aromatic carbocycles. The van der Waals surface area contributed by atoms with E-state index in [4.69, 9.17) is 15.5 Å². The first-order valence-corrected chi connectivity index (χ1v) is 10.5. The van der Waals surface area contributed by atoms with Gasteiger partial charge in [0.2, 0.25) is 5.90 Å². The molecule has 33 heavy (non-hydrogen) atoms. The lowest BCUT2D eigenvalue weighted by molar-refractivity contribution is 0.0827. The highest BCUT2D eigenvalue weighted by atomic mass is 19.1. The highest BCUT2D eigenvalue weighted by Gasteiger charge is 2.23. The SMILES string of the molecule is CCC1C=C(c2nc(-c3ccc(C(=O)N(C)C)cc3)cnc2N)OC(c2ccc(F)cc2)=N1. The second-order valence-electron chi connectivity index (χ2n) is 7.82. The van der Waals surface area contributed by atoms with Gasteiger partial charge in [-0.2, -0.15) is 0 Å². The van der Waals surface area contributed by atoms with E-state index in [0.29, 0.717) is 34.2 Å². The summed E-state index contributed by atoms with van der Waals surface area (Å²) in [7, 11) is 3.41. The van der Waals surface area contributed by atoms with Gasteiger partial charge < -0.3 is 15.4 Å². The molecule has 3 aromatic rings. The highest BCUT2D eigenvalue weighted by molar-refractivity contribution is 5.99. The molecule has 0 radical (unpaired) electrons. The summed E-state index contributed by atoms with van der Waals surface area (Å²) in [5.74, 6) is 0.628. The molecule has 2 heterocycles. The second-order valence-corrected chi connectivity index (χ2v) is 7.82. The van der Waals surface area contributed by atoms with Crippen LogP contribution < -0.4 is 5.73 Å². The Balaban J connectivity index is 1.66. The lowest BCUT2D eigenvalue weighted by atomic mass is 10.1. The number of anilines is 1. The molecule has 1 aliphatic rings. The smallest absolute Gasteiger partial charge is 0.253 e. The van der Waals surface area contributed by atoms with Crippen LogP contribution in [0.2, 0.25) is 0 Å². The lowest BCUT2D eigenvalue weighted by Crippen LogP contribution is -2.21. The molecule has 7 nitrogen and oxygen atoms in total. The number of benzene rings is 2. The topological polar surface area (TPSA) is 93.7 Å². The first kappa shape index (κ1) is 22.1. The largest absolute Gasteiger partial charge is 0.437 e. The van der Waals surface area contributed by atoms with Crippen LogP contribution in [0.15, 0.2) is 65.8 Å². The minimum atomic E-state index is -0.334. The number of nitrogen functional groups attached to an aromatic ring is 1. The minimum Gasteiger partial charge on any atom is -0.437 e. The van der Waals surface area contributed by atoms with Gasteiger partial charge in [-0.05, 0) is 48.9 Å². The number of amides is 1. The van der Waals surface area contributed by atoms with E-state index in [-0.39, 0.29) is 23.6 Å². The molecule has 0 fully saturated rings. The number of nitrogens with two attached hydrogens (primary N) is 1. The van der Waals surface area contributed by atoms with Crippen LogP contribution in [-0.4, -0.2) is 46.8 Å². The van der Waals surface area contributed by atoms with E-state index < -0.39 is 0 Å². The van der Waals surface area contributed by atoms with Crippen LogP contribution in [0.1, 0.15) is 35.0 Å². The number of carbonyl (C=O) groups is 1. The zero-order chi connectivity index (χ0) is 23.5. The van der Waals surface area contributed by atoms with Gasteiger partial charge in [0.25, 0.3) is 5.91 Å². The molecule has 2 N–H and O–H groups in total. The van der Waals surface area contributed by atoms with Crippen molar-refractivity contribution in [3.8, 4) is 11.3 Å². The third kappa shape index (κ3) is 4.74. The van der Waals surface area contributed by atoms with Crippen molar-refractivity contribution in [1.29, 1.82) is 0 Å². The van der Waals surface area contributed by atoms with Gasteiger partial charge in [0.05, 0.1) is 17.9 Å². The van der Waals surface area contributed by atoms with E-state index in [1.807, 2.05) is 25.1 Å². The summed E-state index contributed by atoms with van der Waals surface area (Å²) < 4.78 is 19.4. The van der Waals surface area contributed by atoms with Gasteiger partial charge in [-0.3, -0.25) is 4.79 Å². The first-order chi connectivity index (χ1) is 15.9. The second kappa shape index (κ2) is 9.20. The van der Waals surface area contributed by atoms with E-state index in [2.05, 4.69) is 9.98 Å². The maximum Gasteiger partial charge on any atom is 0.253 e. The van der Waals surface area contributed by atoms with E-state index in [1.165, 1.54) is 17.0 Å². The van der Waals surface area contributed by atoms with Crippen LogP contribution in [-0.2, 0) is 4.74 Å². The Labute approximate surface area is 191 Å². The molecule has 4 rings (SSSR count). The number of ether oxygens (including phenoxy) is 1. The fourth-order valence-electron chi connectivity index (χ4n) is 3.35. The van der Waals surface area contributed by atoms with Crippen LogP contribution in [0.25, 0.3) is 17.0 Å². The minimum absolute atomic E-state index is 0.0791. The van der Waals surface area contributed by atoms with Gasteiger partial charge in [0, 0.05) is 30.8 Å². The highest BCUT2D eigenvalue weighted by Crippen LogP contribution is 2.29. The van der Waals surface area contributed by atoms with E-state index in [1.54, 1.807) is 44.6 Å². The maximum absolute atomic E-state index is 13.4. The van der Waals surface area contributed by atoms with Crippen molar-refractivity contribution in [3.63, 3.8) is 0 Å². The summed E-state index contributed by atoms with van der Waals surface area (Å²) in [4.78, 5) is 27.3. The Morgan fingerprint density at radius 2 is 1.76 bits per heavy atom. The average Bonchev–Trinajstić information content (AvgIpc) is 2.84. The maximum atomic E-state index is 13.4. The van der Waals surface area contributed by atoms with Crippen LogP contribution in [0.4, 0.5) is 10.2 Å². The molecule has 0 aliphatic carbocycles. The molecule has 0 saturated heterocycles. The number of aromatic nitrogens is 2. The van der Waals surface area contributed by atoms with Crippen LogP contribution >= 0.6 is 0 Å². The molecule has 168 valence electrons. The van der Waals surface area contributed by atoms with E-state index in [9.17, 15) is 9.18 Å². The summed E-state index contributed by atoms with van der Waals surface area (Å²) in [6.45, 7) is 2.01. The van der Waals surface area contributed by atoms with Gasteiger partial charge in [0.15, 0.2) is 11.6 Å². The van der Waals surface area contributed by atoms with Gasteiger partial charge >= 0.3 is 0 Å². The van der Waals surface area contributed by atoms with Gasteiger partial charge in [-0.15, -0.1) is 0 Å². The van der Waals surface area contributed by atoms with Gasteiger partial charge in [-0.25, -0.2) is 19.4 Å². The zero-order valence-corrected chi connectivity index (χ0v) is 18.6. The monoisotopic (exact) mass is 445 g/mol. The Kier molecular flexibility index (Phi) is 6.17. The number of hydrogen-bond acceptors (Lipinski definition) is 6. The van der Waals surface area contributed by atoms with E-state index in [0.717, 1.165) is 12.0 Å². The van der Waals surface area contributed by atoms with Crippen molar-refractivity contribution in [2.24, 2.45) is 4.99 Å². The molecule has 0 saturated carbocycles. The number of nitrogens with zero attached hydrogens (tertiary/aromatic N) is 4. The summed E-state index contributed by atoms with van der Waals surface area (Å²) in [5.41, 5.74) is 9.16. The van der Waals surface area contributed by atoms with Crippen LogP contribution in [0, 0.1) is 5.82 Å². The fourth-order valence-corrected chi connectivity index (χ4v) is 3.35. The third-order valence-electron chi connectivity index (χ3n) is 5.21. The zero-order valence-electron chi connectivity index (χ0n) is 18.6. The molecule has 1 aromatic heterocycles.